The molecule has 5 nitrogen and oxygen atoms in total. The minimum Gasteiger partial charge on any atom is -0.376 e. The summed E-state index contributed by atoms with van der Waals surface area (Å²) in [4.78, 5) is 24.5. The molecule has 0 saturated carbocycles. The molecule has 0 radical (unpaired) electrons. The summed E-state index contributed by atoms with van der Waals surface area (Å²) in [5.41, 5.74) is 2.94. The molecular weight excluding hydrogens is 418 g/mol. The molecular formula is C22H20BrN3O2. The normalized spacial score (nSPS) is 10.2. The number of halogens is 1. The van der Waals surface area contributed by atoms with Crippen LogP contribution in [0, 0.1) is 0 Å². The quantitative estimate of drug-likeness (QED) is 0.511. The van der Waals surface area contributed by atoms with E-state index in [4.69, 9.17) is 0 Å². The van der Waals surface area contributed by atoms with Crippen molar-refractivity contribution in [2.75, 3.05) is 17.2 Å². The highest BCUT2D eigenvalue weighted by molar-refractivity contribution is 9.10. The lowest BCUT2D eigenvalue weighted by Gasteiger charge is -2.10. The third-order valence-electron chi connectivity index (χ3n) is 3.98. The summed E-state index contributed by atoms with van der Waals surface area (Å²) < 4.78 is 0.937. The van der Waals surface area contributed by atoms with Crippen molar-refractivity contribution >= 4 is 39.1 Å². The van der Waals surface area contributed by atoms with E-state index >= 15 is 0 Å². The number of hydrogen-bond donors (Lipinski definition) is 3. The molecule has 0 fully saturated rings. The Morgan fingerprint density at radius 2 is 1.57 bits per heavy atom. The molecule has 0 bridgehead atoms. The number of anilines is 2. The number of benzene rings is 3. The van der Waals surface area contributed by atoms with Crippen LogP contribution < -0.4 is 16.0 Å². The van der Waals surface area contributed by atoms with Gasteiger partial charge in [-0.1, -0.05) is 58.4 Å². The zero-order valence-electron chi connectivity index (χ0n) is 15.1. The highest BCUT2D eigenvalue weighted by Gasteiger charge is 2.08. The summed E-state index contributed by atoms with van der Waals surface area (Å²) in [5.74, 6) is -0.381. The number of rotatable bonds is 7. The van der Waals surface area contributed by atoms with Crippen molar-refractivity contribution in [2.24, 2.45) is 0 Å². The summed E-state index contributed by atoms with van der Waals surface area (Å²) in [6.07, 6.45) is 0. The Kier molecular flexibility index (Phi) is 6.81. The second-order valence-electron chi connectivity index (χ2n) is 6.16. The SMILES string of the molecule is O=C(CNc1cccc(Br)c1)Nc1cccc(C(=O)NCc2ccccc2)c1. The van der Waals surface area contributed by atoms with Crippen LogP contribution in [-0.2, 0) is 11.3 Å². The first kappa shape index (κ1) is 19.6. The summed E-state index contributed by atoms with van der Waals surface area (Å²) in [7, 11) is 0. The highest BCUT2D eigenvalue weighted by atomic mass is 79.9. The molecule has 0 heterocycles. The van der Waals surface area contributed by atoms with Gasteiger partial charge in [-0.15, -0.1) is 0 Å². The van der Waals surface area contributed by atoms with Crippen molar-refractivity contribution in [1.82, 2.24) is 5.32 Å². The number of nitrogens with one attached hydrogen (secondary N) is 3. The van der Waals surface area contributed by atoms with Crippen LogP contribution >= 0.6 is 15.9 Å². The number of amides is 2. The predicted octanol–water partition coefficient (Wildman–Crippen LogP) is 4.43. The summed E-state index contributed by atoms with van der Waals surface area (Å²) in [5, 5.41) is 8.74. The van der Waals surface area contributed by atoms with E-state index in [1.54, 1.807) is 24.3 Å². The van der Waals surface area contributed by atoms with Crippen molar-refractivity contribution in [3.63, 3.8) is 0 Å². The van der Waals surface area contributed by atoms with Crippen LogP contribution in [0.1, 0.15) is 15.9 Å². The third-order valence-corrected chi connectivity index (χ3v) is 4.48. The topological polar surface area (TPSA) is 70.2 Å². The van der Waals surface area contributed by atoms with Gasteiger partial charge in [-0.25, -0.2) is 0 Å². The Balaban J connectivity index is 1.53. The zero-order chi connectivity index (χ0) is 19.8. The van der Waals surface area contributed by atoms with Gasteiger partial charge in [0, 0.05) is 28.0 Å². The first-order chi connectivity index (χ1) is 13.6. The minimum absolute atomic E-state index is 0.126. The van der Waals surface area contributed by atoms with E-state index in [0.717, 1.165) is 15.7 Å². The first-order valence-corrected chi connectivity index (χ1v) is 9.61. The monoisotopic (exact) mass is 437 g/mol. The molecule has 28 heavy (non-hydrogen) atoms. The van der Waals surface area contributed by atoms with Gasteiger partial charge in [-0.2, -0.15) is 0 Å². The fourth-order valence-electron chi connectivity index (χ4n) is 2.60. The van der Waals surface area contributed by atoms with Gasteiger partial charge in [-0.05, 0) is 42.0 Å². The van der Waals surface area contributed by atoms with Crippen LogP contribution in [0.25, 0.3) is 0 Å². The van der Waals surface area contributed by atoms with Gasteiger partial charge in [0.1, 0.15) is 0 Å². The van der Waals surface area contributed by atoms with Gasteiger partial charge in [0.2, 0.25) is 5.91 Å². The number of carbonyl (C=O) groups is 2. The van der Waals surface area contributed by atoms with Crippen LogP contribution in [0.2, 0.25) is 0 Å². The molecule has 3 rings (SSSR count). The average Bonchev–Trinajstić information content (AvgIpc) is 2.71. The van der Waals surface area contributed by atoms with E-state index in [-0.39, 0.29) is 18.4 Å². The second-order valence-corrected chi connectivity index (χ2v) is 7.08. The molecule has 3 aromatic carbocycles. The van der Waals surface area contributed by atoms with Crippen molar-refractivity contribution in [1.29, 1.82) is 0 Å². The molecule has 3 N–H and O–H groups in total. The minimum atomic E-state index is -0.193. The molecule has 0 saturated heterocycles. The van der Waals surface area contributed by atoms with Crippen molar-refractivity contribution < 1.29 is 9.59 Å². The maximum absolute atomic E-state index is 12.4. The van der Waals surface area contributed by atoms with Gasteiger partial charge < -0.3 is 16.0 Å². The lowest BCUT2D eigenvalue weighted by Crippen LogP contribution is -2.24. The maximum atomic E-state index is 12.4. The fraction of sp³-hybridized carbons (Fsp3) is 0.0909. The largest absolute Gasteiger partial charge is 0.376 e. The number of carbonyl (C=O) groups excluding carboxylic acids is 2. The van der Waals surface area contributed by atoms with E-state index in [0.29, 0.717) is 17.8 Å². The van der Waals surface area contributed by atoms with Gasteiger partial charge >= 0.3 is 0 Å². The van der Waals surface area contributed by atoms with E-state index in [9.17, 15) is 9.59 Å². The van der Waals surface area contributed by atoms with Crippen LogP contribution in [-0.4, -0.2) is 18.4 Å². The molecule has 3 aromatic rings. The molecule has 0 aliphatic heterocycles. The highest BCUT2D eigenvalue weighted by Crippen LogP contribution is 2.15. The Bertz CT molecular complexity index is 961. The summed E-state index contributed by atoms with van der Waals surface area (Å²) in [6, 6.07) is 24.2. The Morgan fingerprint density at radius 1 is 0.821 bits per heavy atom. The van der Waals surface area contributed by atoms with Gasteiger partial charge in [-0.3, -0.25) is 9.59 Å². The summed E-state index contributed by atoms with van der Waals surface area (Å²) in [6.45, 7) is 0.577. The molecule has 6 heteroatoms. The first-order valence-electron chi connectivity index (χ1n) is 8.81. The molecule has 0 unspecified atom stereocenters. The molecule has 0 aliphatic carbocycles. The van der Waals surface area contributed by atoms with Gasteiger partial charge in [0.05, 0.1) is 6.54 Å². The number of hydrogen-bond acceptors (Lipinski definition) is 3. The van der Waals surface area contributed by atoms with Gasteiger partial charge in [0.15, 0.2) is 0 Å². The molecule has 142 valence electrons. The summed E-state index contributed by atoms with van der Waals surface area (Å²) >= 11 is 3.39. The van der Waals surface area contributed by atoms with Crippen molar-refractivity contribution in [3.05, 3.63) is 94.5 Å². The predicted molar refractivity (Wildman–Crippen MR) is 115 cm³/mol. The van der Waals surface area contributed by atoms with Crippen LogP contribution in [0.15, 0.2) is 83.3 Å². The van der Waals surface area contributed by atoms with E-state index in [1.165, 1.54) is 0 Å². The fourth-order valence-corrected chi connectivity index (χ4v) is 3.00. The lowest BCUT2D eigenvalue weighted by atomic mass is 10.1. The molecule has 0 spiro atoms. The lowest BCUT2D eigenvalue weighted by molar-refractivity contribution is -0.114. The van der Waals surface area contributed by atoms with Crippen molar-refractivity contribution in [2.45, 2.75) is 6.54 Å². The van der Waals surface area contributed by atoms with Crippen LogP contribution in [0.3, 0.4) is 0 Å². The smallest absolute Gasteiger partial charge is 0.251 e. The zero-order valence-corrected chi connectivity index (χ0v) is 16.7. The average molecular weight is 438 g/mol. The Hall–Kier alpha value is -3.12. The van der Waals surface area contributed by atoms with Gasteiger partial charge in [0.25, 0.3) is 5.91 Å². The Labute approximate surface area is 172 Å². The van der Waals surface area contributed by atoms with Crippen LogP contribution in [0.5, 0.6) is 0 Å². The molecule has 0 atom stereocenters. The van der Waals surface area contributed by atoms with E-state index in [1.807, 2.05) is 54.6 Å². The standard InChI is InChI=1S/C22H20BrN3O2/c23-18-9-5-10-19(13-18)24-15-21(27)26-20-11-4-8-17(12-20)22(28)25-14-16-6-2-1-3-7-16/h1-13,24H,14-15H2,(H,25,28)(H,26,27). The molecule has 0 aromatic heterocycles. The second kappa shape index (κ2) is 9.71. The van der Waals surface area contributed by atoms with E-state index in [2.05, 4.69) is 31.9 Å². The third kappa shape index (κ3) is 5.96. The maximum Gasteiger partial charge on any atom is 0.251 e. The van der Waals surface area contributed by atoms with E-state index < -0.39 is 0 Å². The molecule has 0 aliphatic rings. The van der Waals surface area contributed by atoms with Crippen molar-refractivity contribution in [3.8, 4) is 0 Å². The van der Waals surface area contributed by atoms with Crippen LogP contribution in [0.4, 0.5) is 11.4 Å². The molecule has 2 amide bonds. The Morgan fingerprint density at radius 3 is 2.36 bits per heavy atom.